The van der Waals surface area contributed by atoms with Crippen LogP contribution in [0.25, 0.3) is 0 Å². The van der Waals surface area contributed by atoms with E-state index in [0.29, 0.717) is 18.2 Å². The first-order valence-corrected chi connectivity index (χ1v) is 7.33. The summed E-state index contributed by atoms with van der Waals surface area (Å²) in [5, 5.41) is 10.6. The van der Waals surface area contributed by atoms with Crippen molar-refractivity contribution in [2.45, 2.75) is 26.6 Å². The Balaban J connectivity index is 1.73. The number of nitrogens with zero attached hydrogens (tertiary/aromatic N) is 1. The smallest absolute Gasteiger partial charge is 0.0961 e. The summed E-state index contributed by atoms with van der Waals surface area (Å²) in [5.74, 6) is 0. The fourth-order valence-electron chi connectivity index (χ4n) is 2.09. The molecule has 0 bridgehead atoms. The standard InChI is InChI=1S/C16H21ClN2O2/c1-12-7-8-13(2)19(12)18-9-15(20)11-21-10-14-5-3-4-6-16(14)17/h3-8,15,18,20H,9-11H2,1-2H3. The molecule has 1 aromatic carbocycles. The summed E-state index contributed by atoms with van der Waals surface area (Å²) in [7, 11) is 0. The molecule has 1 aromatic heterocycles. The summed E-state index contributed by atoms with van der Waals surface area (Å²) in [5.41, 5.74) is 6.32. The SMILES string of the molecule is Cc1ccc(C)n1NCC(O)COCc1ccccc1Cl. The number of aryl methyl sites for hydroxylation is 2. The fourth-order valence-corrected chi connectivity index (χ4v) is 2.28. The van der Waals surface area contributed by atoms with Gasteiger partial charge in [-0.1, -0.05) is 29.8 Å². The lowest BCUT2D eigenvalue weighted by molar-refractivity contribution is 0.0337. The van der Waals surface area contributed by atoms with Crippen LogP contribution >= 0.6 is 11.6 Å². The molecule has 2 aromatic rings. The van der Waals surface area contributed by atoms with Gasteiger partial charge in [0.1, 0.15) is 0 Å². The second kappa shape index (κ2) is 7.50. The molecule has 0 aliphatic heterocycles. The maximum absolute atomic E-state index is 9.94. The lowest BCUT2D eigenvalue weighted by Gasteiger charge is -2.16. The van der Waals surface area contributed by atoms with E-state index in [4.69, 9.17) is 16.3 Å². The van der Waals surface area contributed by atoms with Crippen LogP contribution in [0.2, 0.25) is 5.02 Å². The van der Waals surface area contributed by atoms with Crippen LogP contribution in [0, 0.1) is 13.8 Å². The zero-order valence-electron chi connectivity index (χ0n) is 12.3. The number of aromatic nitrogens is 1. The molecule has 0 amide bonds. The normalized spacial score (nSPS) is 12.4. The van der Waals surface area contributed by atoms with E-state index in [9.17, 15) is 5.11 Å². The highest BCUT2D eigenvalue weighted by atomic mass is 35.5. The van der Waals surface area contributed by atoms with Gasteiger partial charge in [-0.05, 0) is 37.6 Å². The van der Waals surface area contributed by atoms with Crippen LogP contribution in [0.5, 0.6) is 0 Å². The molecule has 5 heteroatoms. The van der Waals surface area contributed by atoms with Crippen molar-refractivity contribution in [3.8, 4) is 0 Å². The van der Waals surface area contributed by atoms with E-state index in [1.807, 2.05) is 54.9 Å². The molecule has 2 N–H and O–H groups in total. The Bertz CT molecular complexity index is 564. The zero-order chi connectivity index (χ0) is 15.2. The quantitative estimate of drug-likeness (QED) is 0.827. The van der Waals surface area contributed by atoms with Crippen molar-refractivity contribution < 1.29 is 9.84 Å². The summed E-state index contributed by atoms with van der Waals surface area (Å²) in [6, 6.07) is 11.6. The first-order chi connectivity index (χ1) is 10.1. The number of aliphatic hydroxyl groups excluding tert-OH is 1. The topological polar surface area (TPSA) is 46.4 Å². The van der Waals surface area contributed by atoms with E-state index in [1.54, 1.807) is 0 Å². The molecule has 114 valence electrons. The van der Waals surface area contributed by atoms with E-state index in [2.05, 4.69) is 5.43 Å². The Morgan fingerprint density at radius 1 is 1.19 bits per heavy atom. The van der Waals surface area contributed by atoms with Crippen LogP contribution in [0.3, 0.4) is 0 Å². The third-order valence-electron chi connectivity index (χ3n) is 3.28. The summed E-state index contributed by atoms with van der Waals surface area (Å²) in [6.45, 7) is 5.12. The summed E-state index contributed by atoms with van der Waals surface area (Å²) >= 11 is 6.04. The molecule has 1 atom stereocenters. The molecule has 0 radical (unpaired) electrons. The molecule has 0 saturated heterocycles. The molecule has 1 heterocycles. The van der Waals surface area contributed by atoms with Gasteiger partial charge in [-0.3, -0.25) is 4.68 Å². The molecular formula is C16H21ClN2O2. The number of benzene rings is 1. The van der Waals surface area contributed by atoms with Crippen LogP contribution in [-0.4, -0.2) is 29.0 Å². The number of aliphatic hydroxyl groups is 1. The maximum Gasteiger partial charge on any atom is 0.0961 e. The van der Waals surface area contributed by atoms with Gasteiger partial charge < -0.3 is 15.3 Å². The summed E-state index contributed by atoms with van der Waals surface area (Å²) in [6.07, 6.45) is -0.575. The van der Waals surface area contributed by atoms with Crippen molar-refractivity contribution in [1.29, 1.82) is 0 Å². The van der Waals surface area contributed by atoms with Gasteiger partial charge in [-0.15, -0.1) is 0 Å². The van der Waals surface area contributed by atoms with Crippen molar-refractivity contribution >= 4 is 11.6 Å². The maximum atomic E-state index is 9.94. The van der Waals surface area contributed by atoms with Gasteiger partial charge in [-0.2, -0.15) is 0 Å². The number of hydrogen-bond acceptors (Lipinski definition) is 3. The third kappa shape index (κ3) is 4.49. The van der Waals surface area contributed by atoms with Crippen molar-refractivity contribution in [2.24, 2.45) is 0 Å². The van der Waals surface area contributed by atoms with Crippen molar-refractivity contribution in [2.75, 3.05) is 18.6 Å². The van der Waals surface area contributed by atoms with Crippen LogP contribution in [0.1, 0.15) is 17.0 Å². The molecule has 21 heavy (non-hydrogen) atoms. The average Bonchev–Trinajstić information content (AvgIpc) is 2.78. The van der Waals surface area contributed by atoms with Gasteiger partial charge in [-0.25, -0.2) is 0 Å². The number of halogens is 1. The van der Waals surface area contributed by atoms with E-state index in [-0.39, 0.29) is 6.61 Å². The highest BCUT2D eigenvalue weighted by molar-refractivity contribution is 6.31. The second-order valence-electron chi connectivity index (χ2n) is 5.07. The van der Waals surface area contributed by atoms with Crippen LogP contribution in [-0.2, 0) is 11.3 Å². The van der Waals surface area contributed by atoms with Crippen LogP contribution < -0.4 is 5.43 Å². The minimum atomic E-state index is -0.575. The summed E-state index contributed by atoms with van der Waals surface area (Å²) in [4.78, 5) is 0. The molecule has 0 spiro atoms. The number of hydrogen-bond donors (Lipinski definition) is 2. The van der Waals surface area contributed by atoms with Gasteiger partial charge in [0.05, 0.1) is 25.9 Å². The van der Waals surface area contributed by atoms with Gasteiger partial charge in [0.15, 0.2) is 0 Å². The molecule has 1 unspecified atom stereocenters. The van der Waals surface area contributed by atoms with E-state index in [1.165, 1.54) is 0 Å². The fraction of sp³-hybridized carbons (Fsp3) is 0.375. The molecule has 0 fully saturated rings. The van der Waals surface area contributed by atoms with Crippen LogP contribution in [0.4, 0.5) is 0 Å². The summed E-state index contributed by atoms with van der Waals surface area (Å²) < 4.78 is 7.46. The van der Waals surface area contributed by atoms with Crippen LogP contribution in [0.15, 0.2) is 36.4 Å². The Morgan fingerprint density at radius 2 is 1.86 bits per heavy atom. The third-order valence-corrected chi connectivity index (χ3v) is 3.65. The largest absolute Gasteiger partial charge is 0.389 e. The monoisotopic (exact) mass is 308 g/mol. The van der Waals surface area contributed by atoms with Gasteiger partial charge in [0.2, 0.25) is 0 Å². The number of ether oxygens (including phenoxy) is 1. The Morgan fingerprint density at radius 3 is 2.52 bits per heavy atom. The lowest BCUT2D eigenvalue weighted by Crippen LogP contribution is -2.30. The molecular weight excluding hydrogens is 288 g/mol. The van der Waals surface area contributed by atoms with Gasteiger partial charge in [0, 0.05) is 16.4 Å². The lowest BCUT2D eigenvalue weighted by atomic mass is 10.2. The Kier molecular flexibility index (Phi) is 5.67. The molecule has 4 nitrogen and oxygen atoms in total. The minimum Gasteiger partial charge on any atom is -0.389 e. The zero-order valence-corrected chi connectivity index (χ0v) is 13.1. The van der Waals surface area contributed by atoms with Gasteiger partial charge in [0.25, 0.3) is 0 Å². The molecule has 0 aliphatic carbocycles. The first-order valence-electron chi connectivity index (χ1n) is 6.96. The predicted octanol–water partition coefficient (Wildman–Crippen LogP) is 2.88. The van der Waals surface area contributed by atoms with Crippen molar-refractivity contribution in [1.82, 2.24) is 4.68 Å². The molecule has 0 saturated carbocycles. The average molecular weight is 309 g/mol. The predicted molar refractivity (Wildman–Crippen MR) is 85.2 cm³/mol. The number of rotatable bonds is 7. The van der Waals surface area contributed by atoms with E-state index >= 15 is 0 Å². The molecule has 0 aliphatic rings. The molecule has 2 rings (SSSR count). The first kappa shape index (κ1) is 15.9. The van der Waals surface area contributed by atoms with Crippen molar-refractivity contribution in [3.63, 3.8) is 0 Å². The highest BCUT2D eigenvalue weighted by Crippen LogP contribution is 2.15. The minimum absolute atomic E-state index is 0.261. The van der Waals surface area contributed by atoms with Crippen molar-refractivity contribution in [3.05, 3.63) is 58.4 Å². The Labute approximate surface area is 130 Å². The van der Waals surface area contributed by atoms with Gasteiger partial charge >= 0.3 is 0 Å². The van der Waals surface area contributed by atoms with E-state index in [0.717, 1.165) is 17.0 Å². The van der Waals surface area contributed by atoms with E-state index < -0.39 is 6.10 Å². The second-order valence-corrected chi connectivity index (χ2v) is 5.48. The Hall–Kier alpha value is -1.49. The highest BCUT2D eigenvalue weighted by Gasteiger charge is 2.07. The number of nitrogens with one attached hydrogen (secondary N) is 1.